The summed E-state index contributed by atoms with van der Waals surface area (Å²) in [4.78, 5) is 2.51. The van der Waals surface area contributed by atoms with Gasteiger partial charge in [0.1, 0.15) is 0 Å². The maximum Gasteiger partial charge on any atom is 0.176 e. The highest BCUT2D eigenvalue weighted by Gasteiger charge is 2.43. The first-order valence-electron chi connectivity index (χ1n) is 7.66. The maximum atomic E-state index is 6.06. The Morgan fingerprint density at radius 1 is 1.16 bits per heavy atom. The number of nitrogens with two attached hydrogens (primary N) is 1. The second-order valence-corrected chi connectivity index (χ2v) is 6.40. The largest absolute Gasteiger partial charge is 0.354 e. The molecule has 0 bridgehead atoms. The Bertz CT molecular complexity index is 283. The summed E-state index contributed by atoms with van der Waals surface area (Å²) >= 11 is 0. The number of fused-ring (bicyclic) bond motifs is 1. The van der Waals surface area contributed by atoms with E-state index in [-0.39, 0.29) is 11.8 Å². The lowest BCUT2D eigenvalue weighted by atomic mass is 9.74. The molecule has 1 heterocycles. The van der Waals surface area contributed by atoms with Gasteiger partial charge in [-0.25, -0.2) is 0 Å². The van der Waals surface area contributed by atoms with Crippen molar-refractivity contribution in [2.75, 3.05) is 33.9 Å². The van der Waals surface area contributed by atoms with Gasteiger partial charge in [-0.15, -0.1) is 0 Å². The summed E-state index contributed by atoms with van der Waals surface area (Å²) in [6.07, 6.45) is 6.68. The lowest BCUT2D eigenvalue weighted by molar-refractivity contribution is -0.189. The molecule has 0 aromatic carbocycles. The molecule has 1 saturated heterocycles. The number of rotatable bonds is 5. The normalized spacial score (nSPS) is 32.1. The summed E-state index contributed by atoms with van der Waals surface area (Å²) in [6.45, 7) is 5.02. The summed E-state index contributed by atoms with van der Waals surface area (Å²) in [5.41, 5.74) is 5.84. The Morgan fingerprint density at radius 3 is 2.37 bits per heavy atom. The van der Waals surface area contributed by atoms with Crippen LogP contribution in [-0.4, -0.2) is 50.6 Å². The molecule has 3 unspecified atom stereocenters. The molecule has 112 valence electrons. The molecule has 0 amide bonds. The SMILES string of the molecule is COC(OC)C(C)(CN)N1CCC2CCCCC2C1. The van der Waals surface area contributed by atoms with E-state index in [0.717, 1.165) is 24.9 Å². The smallest absolute Gasteiger partial charge is 0.176 e. The Kier molecular flexibility index (Phi) is 5.23. The van der Waals surface area contributed by atoms with E-state index in [1.807, 2.05) is 0 Å². The predicted octanol–water partition coefficient (Wildman–Crippen LogP) is 1.83. The van der Waals surface area contributed by atoms with Crippen LogP contribution < -0.4 is 5.73 Å². The molecule has 1 saturated carbocycles. The number of ether oxygens (including phenoxy) is 2. The van der Waals surface area contributed by atoms with Gasteiger partial charge in [0.05, 0.1) is 5.54 Å². The Hall–Kier alpha value is -0.160. The third-order valence-electron chi connectivity index (χ3n) is 5.36. The van der Waals surface area contributed by atoms with E-state index >= 15 is 0 Å². The number of hydrogen-bond donors (Lipinski definition) is 1. The highest BCUT2D eigenvalue weighted by atomic mass is 16.7. The van der Waals surface area contributed by atoms with Gasteiger partial charge in [-0.1, -0.05) is 19.3 Å². The highest BCUT2D eigenvalue weighted by molar-refractivity contribution is 4.95. The lowest BCUT2D eigenvalue weighted by Crippen LogP contribution is -2.63. The molecule has 3 atom stereocenters. The fourth-order valence-corrected chi connectivity index (χ4v) is 4.04. The van der Waals surface area contributed by atoms with E-state index in [9.17, 15) is 0 Å². The monoisotopic (exact) mass is 270 g/mol. The molecule has 19 heavy (non-hydrogen) atoms. The van der Waals surface area contributed by atoms with Crippen LogP contribution in [0.2, 0.25) is 0 Å². The summed E-state index contributed by atoms with van der Waals surface area (Å²) in [7, 11) is 3.41. The average Bonchev–Trinajstić information content (AvgIpc) is 2.47. The van der Waals surface area contributed by atoms with Crippen LogP contribution in [0.15, 0.2) is 0 Å². The molecule has 4 heteroatoms. The molecule has 1 aliphatic carbocycles. The van der Waals surface area contributed by atoms with Crippen molar-refractivity contribution in [3.8, 4) is 0 Å². The fraction of sp³-hybridized carbons (Fsp3) is 1.00. The Labute approximate surface area is 117 Å². The minimum atomic E-state index is -0.252. The Balaban J connectivity index is 2.06. The number of likely N-dealkylation sites (tertiary alicyclic amines) is 1. The van der Waals surface area contributed by atoms with Crippen LogP contribution in [0.3, 0.4) is 0 Å². The van der Waals surface area contributed by atoms with Gasteiger partial charge in [-0.3, -0.25) is 4.90 Å². The van der Waals surface area contributed by atoms with Crippen molar-refractivity contribution in [1.82, 2.24) is 4.90 Å². The molecule has 2 rings (SSSR count). The second kappa shape index (κ2) is 6.53. The zero-order valence-electron chi connectivity index (χ0n) is 12.7. The maximum absolute atomic E-state index is 6.06. The quantitative estimate of drug-likeness (QED) is 0.774. The zero-order chi connectivity index (χ0) is 13.9. The second-order valence-electron chi connectivity index (χ2n) is 6.40. The van der Waals surface area contributed by atoms with E-state index in [2.05, 4.69) is 11.8 Å². The molecule has 4 nitrogen and oxygen atoms in total. The van der Waals surface area contributed by atoms with Crippen LogP contribution in [-0.2, 0) is 9.47 Å². The minimum Gasteiger partial charge on any atom is -0.354 e. The highest BCUT2D eigenvalue weighted by Crippen LogP contribution is 2.38. The van der Waals surface area contributed by atoms with Crippen molar-refractivity contribution >= 4 is 0 Å². The minimum absolute atomic E-state index is 0.216. The number of methoxy groups -OCH3 is 2. The van der Waals surface area contributed by atoms with E-state index in [1.54, 1.807) is 14.2 Å². The van der Waals surface area contributed by atoms with Gasteiger partial charge >= 0.3 is 0 Å². The average molecular weight is 270 g/mol. The predicted molar refractivity (Wildman–Crippen MR) is 76.9 cm³/mol. The molecule has 0 radical (unpaired) electrons. The number of nitrogens with zero attached hydrogens (tertiary/aromatic N) is 1. The number of piperidine rings is 1. The van der Waals surface area contributed by atoms with Crippen LogP contribution in [0, 0.1) is 11.8 Å². The van der Waals surface area contributed by atoms with Crippen molar-refractivity contribution in [1.29, 1.82) is 0 Å². The van der Waals surface area contributed by atoms with Gasteiger partial charge in [0.15, 0.2) is 6.29 Å². The first kappa shape index (κ1) is 15.2. The number of hydrogen-bond acceptors (Lipinski definition) is 4. The van der Waals surface area contributed by atoms with E-state index in [1.165, 1.54) is 32.1 Å². The Morgan fingerprint density at radius 2 is 1.79 bits per heavy atom. The third-order valence-corrected chi connectivity index (χ3v) is 5.36. The molecule has 0 spiro atoms. The van der Waals surface area contributed by atoms with Crippen molar-refractivity contribution in [2.24, 2.45) is 17.6 Å². The molecule has 2 fully saturated rings. The van der Waals surface area contributed by atoms with Gasteiger partial charge < -0.3 is 15.2 Å². The van der Waals surface area contributed by atoms with Gasteiger partial charge in [-0.2, -0.15) is 0 Å². The van der Waals surface area contributed by atoms with Gasteiger partial charge in [-0.05, 0) is 38.1 Å². The van der Waals surface area contributed by atoms with Crippen molar-refractivity contribution in [3.63, 3.8) is 0 Å². The van der Waals surface area contributed by atoms with Crippen LogP contribution in [0.25, 0.3) is 0 Å². The van der Waals surface area contributed by atoms with Gasteiger partial charge in [0, 0.05) is 27.3 Å². The standard InChI is InChI=1S/C15H30N2O2/c1-15(11-16,14(18-2)19-3)17-9-8-12-6-4-5-7-13(12)10-17/h12-14H,4-11,16H2,1-3H3. The summed E-state index contributed by atoms with van der Waals surface area (Å²) < 4.78 is 11.0. The fourth-order valence-electron chi connectivity index (χ4n) is 4.04. The van der Waals surface area contributed by atoms with E-state index in [4.69, 9.17) is 15.2 Å². The topological polar surface area (TPSA) is 47.7 Å². The third kappa shape index (κ3) is 2.97. The first-order chi connectivity index (χ1) is 9.15. The van der Waals surface area contributed by atoms with Crippen LogP contribution in [0.1, 0.15) is 39.0 Å². The zero-order valence-corrected chi connectivity index (χ0v) is 12.7. The molecular weight excluding hydrogens is 240 g/mol. The molecule has 0 aromatic heterocycles. The summed E-state index contributed by atoms with van der Waals surface area (Å²) in [5, 5.41) is 0. The molecule has 1 aliphatic heterocycles. The lowest BCUT2D eigenvalue weighted by Gasteiger charge is -2.50. The molecule has 2 aliphatic rings. The molecule has 2 N–H and O–H groups in total. The molecular formula is C15H30N2O2. The van der Waals surface area contributed by atoms with Gasteiger partial charge in [0.2, 0.25) is 0 Å². The van der Waals surface area contributed by atoms with E-state index in [0.29, 0.717) is 6.54 Å². The van der Waals surface area contributed by atoms with Crippen LogP contribution in [0.4, 0.5) is 0 Å². The van der Waals surface area contributed by atoms with Gasteiger partial charge in [0.25, 0.3) is 0 Å². The summed E-state index contributed by atoms with van der Waals surface area (Å²) in [5.74, 6) is 1.79. The van der Waals surface area contributed by atoms with Crippen molar-refractivity contribution < 1.29 is 9.47 Å². The molecule has 0 aromatic rings. The van der Waals surface area contributed by atoms with Crippen molar-refractivity contribution in [3.05, 3.63) is 0 Å². The summed E-state index contributed by atoms with van der Waals surface area (Å²) in [6, 6.07) is 0. The van der Waals surface area contributed by atoms with Crippen LogP contribution in [0.5, 0.6) is 0 Å². The van der Waals surface area contributed by atoms with Crippen LogP contribution >= 0.6 is 0 Å². The van der Waals surface area contributed by atoms with E-state index < -0.39 is 0 Å². The van der Waals surface area contributed by atoms with Crippen molar-refractivity contribution in [2.45, 2.75) is 50.9 Å². The first-order valence-corrected chi connectivity index (χ1v) is 7.66.